The third kappa shape index (κ3) is 11.8. The van der Waals surface area contributed by atoms with Gasteiger partial charge in [-0.2, -0.15) is 0 Å². The van der Waals surface area contributed by atoms with Crippen LogP contribution in [0.4, 0.5) is 5.69 Å². The molecule has 1 saturated heterocycles. The summed E-state index contributed by atoms with van der Waals surface area (Å²) in [6, 6.07) is 0.469. The maximum atomic E-state index is 13.6. The number of piperidine rings is 1. The summed E-state index contributed by atoms with van der Waals surface area (Å²) < 4.78 is 5.79. The normalized spacial score (nSPS) is 21.0. The molecule has 3 atom stereocenters. The lowest BCUT2D eigenvalue weighted by atomic mass is 9.97. The number of carboxylic acid groups (broad SMARTS) is 1. The van der Waals surface area contributed by atoms with Gasteiger partial charge in [0.05, 0.1) is 18.7 Å². The summed E-state index contributed by atoms with van der Waals surface area (Å²) in [5.74, 6) is -5.34. The predicted octanol–water partition coefficient (Wildman–Crippen LogP) is -1.93. The first-order chi connectivity index (χ1) is 22.5. The quantitative estimate of drug-likeness (QED) is 0.111. The average molecular weight is 661 g/mol. The van der Waals surface area contributed by atoms with E-state index in [4.69, 9.17) is 16.2 Å². The Morgan fingerprint density at radius 3 is 2.32 bits per heavy atom. The van der Waals surface area contributed by atoms with E-state index in [0.29, 0.717) is 32.2 Å². The minimum Gasteiger partial charge on any atom is -0.493 e. The first kappa shape index (κ1) is 36.7. The molecule has 1 aromatic rings. The standard InChI is InChI=1S/C30H44N8O9/c31-11-2-1-3-21-29(45)36-20(26(32)42)10-14-47-23-6-4-18(35-24(39)16-34-27(43)17-8-12-33-13-9-17)15-19(23)28(44)37-22(30(46)38-21)5-7-25(40)41/h4,6,15,17,20-22,33H,1-3,5,7-14,16,31H2,(H2,32,42)(H,34,43)(H,35,39)(H,36,45)(H,37,44)(H,38,46)(H,40,41)/t20-,21-,22-/m0/s1. The number of fused-ring (bicyclic) bond motifs is 1. The molecule has 0 spiro atoms. The van der Waals surface area contributed by atoms with Gasteiger partial charge in [0.1, 0.15) is 23.9 Å². The van der Waals surface area contributed by atoms with Crippen LogP contribution in [0.3, 0.4) is 0 Å². The number of ether oxygens (including phenoxy) is 1. The van der Waals surface area contributed by atoms with E-state index in [1.54, 1.807) is 0 Å². The van der Waals surface area contributed by atoms with E-state index < -0.39 is 60.1 Å². The average Bonchev–Trinajstić information content (AvgIpc) is 3.04. The molecule has 47 heavy (non-hydrogen) atoms. The molecule has 0 aromatic heterocycles. The number of benzene rings is 1. The second-order valence-electron chi connectivity index (χ2n) is 11.4. The Bertz CT molecular complexity index is 1320. The Balaban J connectivity index is 1.85. The van der Waals surface area contributed by atoms with E-state index >= 15 is 0 Å². The van der Waals surface area contributed by atoms with Crippen LogP contribution in [-0.2, 0) is 28.8 Å². The number of primary amides is 1. The molecule has 2 heterocycles. The molecule has 2 aliphatic rings. The lowest BCUT2D eigenvalue weighted by molar-refractivity contribution is -0.137. The molecule has 17 nitrogen and oxygen atoms in total. The third-order valence-corrected chi connectivity index (χ3v) is 7.81. The van der Waals surface area contributed by atoms with Crippen molar-refractivity contribution in [3.05, 3.63) is 23.8 Å². The van der Waals surface area contributed by atoms with Gasteiger partial charge in [-0.1, -0.05) is 0 Å². The van der Waals surface area contributed by atoms with Gasteiger partial charge in [0.25, 0.3) is 5.91 Å². The SMILES string of the molecule is NCCCC[C@@H]1NC(=O)[C@H](CCC(=O)O)NC(=O)c2cc(NC(=O)CNC(=O)C3CCNCC3)ccc2OCC[C@@H](C(N)=O)NC1=O. The van der Waals surface area contributed by atoms with Gasteiger partial charge in [0.15, 0.2) is 0 Å². The van der Waals surface area contributed by atoms with E-state index in [2.05, 4.69) is 31.9 Å². The molecule has 1 aromatic carbocycles. The number of hydrogen-bond donors (Lipinski definition) is 9. The van der Waals surface area contributed by atoms with Crippen LogP contribution in [0.2, 0.25) is 0 Å². The topological polar surface area (TPSA) is 273 Å². The molecule has 0 unspecified atom stereocenters. The Kier molecular flexibility index (Phi) is 14.4. The van der Waals surface area contributed by atoms with Crippen molar-refractivity contribution in [2.24, 2.45) is 17.4 Å². The van der Waals surface area contributed by atoms with Gasteiger partial charge in [0.2, 0.25) is 29.5 Å². The van der Waals surface area contributed by atoms with Crippen molar-refractivity contribution in [3.63, 3.8) is 0 Å². The Hall–Kier alpha value is -4.77. The van der Waals surface area contributed by atoms with E-state index in [0.717, 1.165) is 13.1 Å². The Labute approximate surface area is 271 Å². The largest absolute Gasteiger partial charge is 0.493 e. The van der Waals surface area contributed by atoms with Gasteiger partial charge >= 0.3 is 5.97 Å². The van der Waals surface area contributed by atoms with E-state index in [1.165, 1.54) is 18.2 Å². The highest BCUT2D eigenvalue weighted by Crippen LogP contribution is 2.24. The molecule has 3 rings (SSSR count). The van der Waals surface area contributed by atoms with Gasteiger partial charge in [-0.25, -0.2) is 0 Å². The fourth-order valence-corrected chi connectivity index (χ4v) is 5.16. The summed E-state index contributed by atoms with van der Waals surface area (Å²) in [4.78, 5) is 88.7. The first-order valence-electron chi connectivity index (χ1n) is 15.7. The minimum atomic E-state index is -1.38. The number of rotatable bonds is 12. The molecule has 0 saturated carbocycles. The summed E-state index contributed by atoms with van der Waals surface area (Å²) in [6.07, 6.45) is 1.64. The van der Waals surface area contributed by atoms with Crippen molar-refractivity contribution < 1.29 is 43.4 Å². The number of carbonyl (C=O) groups is 7. The number of carbonyl (C=O) groups excluding carboxylic acids is 6. The van der Waals surface area contributed by atoms with Crippen LogP contribution >= 0.6 is 0 Å². The van der Waals surface area contributed by atoms with E-state index in [1.807, 2.05) is 0 Å². The van der Waals surface area contributed by atoms with Gasteiger partial charge in [-0.15, -0.1) is 0 Å². The lowest BCUT2D eigenvalue weighted by Gasteiger charge is -2.26. The molecule has 258 valence electrons. The molecular formula is C30H44N8O9. The van der Waals surface area contributed by atoms with Crippen LogP contribution in [0, 0.1) is 5.92 Å². The molecule has 0 aliphatic carbocycles. The molecular weight excluding hydrogens is 616 g/mol. The van der Waals surface area contributed by atoms with Gasteiger partial charge in [0, 0.05) is 24.4 Å². The molecule has 2 aliphatic heterocycles. The number of anilines is 1. The zero-order valence-electron chi connectivity index (χ0n) is 26.1. The van der Waals surface area contributed by atoms with Crippen molar-refractivity contribution in [3.8, 4) is 5.75 Å². The van der Waals surface area contributed by atoms with E-state index in [9.17, 15) is 38.7 Å². The highest BCUT2D eigenvalue weighted by atomic mass is 16.5. The van der Waals surface area contributed by atoms with E-state index in [-0.39, 0.29) is 61.2 Å². The van der Waals surface area contributed by atoms with Crippen molar-refractivity contribution >= 4 is 47.1 Å². The van der Waals surface area contributed by atoms with Crippen molar-refractivity contribution in [1.29, 1.82) is 0 Å². The van der Waals surface area contributed by atoms with Crippen molar-refractivity contribution in [1.82, 2.24) is 26.6 Å². The smallest absolute Gasteiger partial charge is 0.303 e. The Morgan fingerprint density at radius 1 is 0.936 bits per heavy atom. The monoisotopic (exact) mass is 660 g/mol. The molecule has 1 fully saturated rings. The Morgan fingerprint density at radius 2 is 1.64 bits per heavy atom. The van der Waals surface area contributed by atoms with Crippen molar-refractivity contribution in [2.45, 2.75) is 69.5 Å². The summed E-state index contributed by atoms with van der Waals surface area (Å²) in [7, 11) is 0. The fourth-order valence-electron chi connectivity index (χ4n) is 5.16. The molecule has 6 amide bonds. The van der Waals surface area contributed by atoms with Gasteiger partial charge in [-0.3, -0.25) is 33.6 Å². The van der Waals surface area contributed by atoms with Crippen LogP contribution < -0.4 is 48.1 Å². The lowest BCUT2D eigenvalue weighted by Crippen LogP contribution is -2.56. The van der Waals surface area contributed by atoms with Gasteiger partial charge < -0.3 is 53.2 Å². The van der Waals surface area contributed by atoms with Crippen LogP contribution in [0.1, 0.15) is 61.7 Å². The maximum absolute atomic E-state index is 13.6. The number of nitrogens with two attached hydrogens (primary N) is 2. The van der Waals surface area contributed by atoms with Gasteiger partial charge in [-0.05, 0) is 76.4 Å². The molecule has 0 radical (unpaired) electrons. The van der Waals surface area contributed by atoms with Crippen LogP contribution in [0.5, 0.6) is 5.75 Å². The summed E-state index contributed by atoms with van der Waals surface area (Å²) in [5.41, 5.74) is 11.2. The number of amides is 6. The summed E-state index contributed by atoms with van der Waals surface area (Å²) >= 11 is 0. The fraction of sp³-hybridized carbons (Fsp3) is 0.567. The highest BCUT2D eigenvalue weighted by molar-refractivity contribution is 6.02. The number of carboxylic acids is 1. The van der Waals surface area contributed by atoms with Crippen LogP contribution in [0.25, 0.3) is 0 Å². The predicted molar refractivity (Wildman–Crippen MR) is 168 cm³/mol. The maximum Gasteiger partial charge on any atom is 0.303 e. The summed E-state index contributed by atoms with van der Waals surface area (Å²) in [6.45, 7) is 1.32. The second-order valence-corrected chi connectivity index (χ2v) is 11.4. The number of hydrogen-bond acceptors (Lipinski definition) is 10. The molecule has 17 heteroatoms. The van der Waals surface area contributed by atoms with Crippen molar-refractivity contribution in [2.75, 3.05) is 38.1 Å². The second kappa shape index (κ2) is 18.4. The number of nitrogens with one attached hydrogen (secondary N) is 6. The zero-order chi connectivity index (χ0) is 34.3. The van der Waals surface area contributed by atoms with Crippen LogP contribution in [-0.4, -0.2) is 97.4 Å². The number of aliphatic carboxylic acids is 1. The third-order valence-electron chi connectivity index (χ3n) is 7.81. The summed E-state index contributed by atoms with van der Waals surface area (Å²) in [5, 5.41) is 25.3. The molecule has 0 bridgehead atoms. The first-order valence-corrected chi connectivity index (χ1v) is 15.7. The number of unbranched alkanes of at least 4 members (excludes halogenated alkanes) is 1. The molecule has 11 N–H and O–H groups in total. The van der Waals surface area contributed by atoms with Crippen LogP contribution in [0.15, 0.2) is 18.2 Å². The minimum absolute atomic E-state index is 0.0170. The highest BCUT2D eigenvalue weighted by Gasteiger charge is 2.31. The zero-order valence-corrected chi connectivity index (χ0v) is 26.1.